The number of ketones is 1. The van der Waals surface area contributed by atoms with Crippen molar-refractivity contribution in [2.24, 2.45) is 0 Å². The van der Waals surface area contributed by atoms with Gasteiger partial charge in [0, 0.05) is 36.3 Å². The Balaban J connectivity index is 1.22. The Morgan fingerprint density at radius 2 is 1.92 bits per heavy atom. The number of allylic oxidation sites excluding steroid dienone is 1. The van der Waals surface area contributed by atoms with Gasteiger partial charge in [-0.15, -0.1) is 0 Å². The molecule has 0 fully saturated rings. The molecule has 1 aliphatic heterocycles. The number of imidazole rings is 1. The Kier molecular flexibility index (Phi) is 6.48. The van der Waals surface area contributed by atoms with E-state index in [1.807, 2.05) is 42.5 Å². The number of carbonyl (C=O) groups excluding carboxylic acids is 2. The van der Waals surface area contributed by atoms with E-state index < -0.39 is 0 Å². The zero-order valence-corrected chi connectivity index (χ0v) is 19.3. The second-order valence-electron chi connectivity index (χ2n) is 8.40. The topological polar surface area (TPSA) is 110 Å². The summed E-state index contributed by atoms with van der Waals surface area (Å²) < 4.78 is 1.53. The lowest BCUT2D eigenvalue weighted by Crippen LogP contribution is -2.26. The molecule has 8 heteroatoms. The number of amides is 1. The third-order valence-electron chi connectivity index (χ3n) is 5.92. The number of aromatic nitrogens is 4. The van der Waals surface area contributed by atoms with Gasteiger partial charge in [-0.3, -0.25) is 19.4 Å². The summed E-state index contributed by atoms with van der Waals surface area (Å²) in [6.45, 7) is 0.385. The first-order chi connectivity index (χ1) is 17.6. The molecule has 2 N–H and O–H groups in total. The van der Waals surface area contributed by atoms with E-state index in [-0.39, 0.29) is 29.2 Å². The Labute approximate surface area is 207 Å². The number of anilines is 1. The Bertz CT molecular complexity index is 1530. The number of nitrogens with zero attached hydrogens (tertiary/aromatic N) is 3. The number of carbonyl (C=O) groups is 2. The maximum absolute atomic E-state index is 12.8. The molecule has 1 aromatic carbocycles. The molecule has 1 aliphatic rings. The van der Waals surface area contributed by atoms with Crippen molar-refractivity contribution in [3.05, 3.63) is 118 Å². The molecule has 0 aliphatic carbocycles. The number of hydrogen-bond acceptors (Lipinski definition) is 5. The molecule has 0 bridgehead atoms. The monoisotopic (exact) mass is 477 g/mol. The summed E-state index contributed by atoms with van der Waals surface area (Å²) in [5, 5.41) is 2.89. The normalized spacial score (nSPS) is 13.8. The van der Waals surface area contributed by atoms with Crippen molar-refractivity contribution in [2.45, 2.75) is 19.4 Å². The highest BCUT2D eigenvalue weighted by atomic mass is 16.2. The first kappa shape index (κ1) is 22.9. The molecular weight excluding hydrogens is 454 g/mol. The number of hydrogen-bond donors (Lipinski definition) is 2. The maximum atomic E-state index is 12.8. The van der Waals surface area contributed by atoms with Crippen molar-refractivity contribution in [3.8, 4) is 0 Å². The molecule has 0 unspecified atom stereocenters. The number of Topliss-reactive ketones (excluding diaryl/α,β-unsaturated/α-hetero) is 1. The molecule has 3 aromatic heterocycles. The predicted molar refractivity (Wildman–Crippen MR) is 138 cm³/mol. The zero-order chi connectivity index (χ0) is 24.9. The maximum Gasteiger partial charge on any atom is 0.261 e. The molecule has 5 rings (SSSR count). The van der Waals surface area contributed by atoms with Crippen LogP contribution < -0.4 is 10.9 Å². The number of rotatable bonds is 8. The van der Waals surface area contributed by atoms with Crippen molar-refractivity contribution in [1.29, 1.82) is 0 Å². The molecule has 4 aromatic rings. The van der Waals surface area contributed by atoms with Gasteiger partial charge in [0.15, 0.2) is 5.78 Å². The van der Waals surface area contributed by atoms with Gasteiger partial charge in [0.05, 0.1) is 35.9 Å². The number of pyridine rings is 2. The number of fused-ring (bicyclic) bond motifs is 1. The average Bonchev–Trinajstić information content (AvgIpc) is 3.51. The fourth-order valence-corrected chi connectivity index (χ4v) is 4.09. The van der Waals surface area contributed by atoms with Crippen LogP contribution in [0.5, 0.6) is 0 Å². The van der Waals surface area contributed by atoms with Gasteiger partial charge in [0.25, 0.3) is 11.5 Å². The summed E-state index contributed by atoms with van der Waals surface area (Å²) in [5.41, 5.74) is 4.64. The van der Waals surface area contributed by atoms with E-state index in [4.69, 9.17) is 0 Å². The quantitative estimate of drug-likeness (QED) is 0.292. The van der Waals surface area contributed by atoms with Crippen LogP contribution in [0.3, 0.4) is 0 Å². The number of H-pyrrole nitrogens is 1. The predicted octanol–water partition coefficient (Wildman–Crippen LogP) is 4.18. The van der Waals surface area contributed by atoms with Crippen LogP contribution in [-0.2, 0) is 11.3 Å². The van der Waals surface area contributed by atoms with Crippen LogP contribution in [0.2, 0.25) is 0 Å². The van der Waals surface area contributed by atoms with Gasteiger partial charge in [-0.2, -0.15) is 0 Å². The highest BCUT2D eigenvalue weighted by molar-refractivity contribution is 6.34. The lowest BCUT2D eigenvalue weighted by atomic mass is 10.0. The summed E-state index contributed by atoms with van der Waals surface area (Å²) in [6.07, 6.45) is 14.5. The minimum Gasteiger partial charge on any atom is -0.345 e. The van der Waals surface area contributed by atoms with E-state index in [9.17, 15) is 14.4 Å². The van der Waals surface area contributed by atoms with Crippen molar-refractivity contribution in [1.82, 2.24) is 19.5 Å². The minimum atomic E-state index is -0.295. The van der Waals surface area contributed by atoms with Crippen molar-refractivity contribution in [2.75, 3.05) is 5.32 Å². The molecule has 1 amide bonds. The van der Waals surface area contributed by atoms with E-state index in [2.05, 4.69) is 20.3 Å². The Morgan fingerprint density at radius 3 is 2.72 bits per heavy atom. The summed E-state index contributed by atoms with van der Waals surface area (Å²) in [7, 11) is 0. The van der Waals surface area contributed by atoms with Crippen molar-refractivity contribution >= 4 is 35.1 Å². The summed E-state index contributed by atoms with van der Waals surface area (Å²) >= 11 is 0. The van der Waals surface area contributed by atoms with Crippen LogP contribution in [0.25, 0.3) is 17.7 Å². The zero-order valence-electron chi connectivity index (χ0n) is 19.3. The van der Waals surface area contributed by atoms with Gasteiger partial charge in [-0.1, -0.05) is 24.3 Å². The van der Waals surface area contributed by atoms with Gasteiger partial charge >= 0.3 is 0 Å². The van der Waals surface area contributed by atoms with E-state index >= 15 is 0 Å². The van der Waals surface area contributed by atoms with Gasteiger partial charge in [-0.25, -0.2) is 4.98 Å². The third kappa shape index (κ3) is 4.97. The van der Waals surface area contributed by atoms with Crippen LogP contribution >= 0.6 is 0 Å². The summed E-state index contributed by atoms with van der Waals surface area (Å²) in [5.74, 6) is -0.354. The number of nitrogens with one attached hydrogen (secondary N) is 2. The molecule has 4 heterocycles. The van der Waals surface area contributed by atoms with Crippen molar-refractivity contribution in [3.63, 3.8) is 0 Å². The fraction of sp³-hybridized carbons (Fsp3) is 0.107. The SMILES string of the molecule is O=C1Nc2cc(/C=C/CCC(=O)c3cccn(Cc4ccncc4)c3=O)ccc2/C1=C/c1cnc[nH]1. The Morgan fingerprint density at radius 1 is 1.06 bits per heavy atom. The van der Waals surface area contributed by atoms with Crippen LogP contribution in [0, 0.1) is 0 Å². The molecule has 0 radical (unpaired) electrons. The second-order valence-corrected chi connectivity index (χ2v) is 8.40. The highest BCUT2D eigenvalue weighted by Gasteiger charge is 2.24. The van der Waals surface area contributed by atoms with Gasteiger partial charge in [0.2, 0.25) is 0 Å². The van der Waals surface area contributed by atoms with Gasteiger partial charge in [-0.05, 0) is 54.0 Å². The summed E-state index contributed by atoms with van der Waals surface area (Å²) in [6, 6.07) is 12.7. The van der Waals surface area contributed by atoms with Crippen LogP contribution in [-0.4, -0.2) is 31.2 Å². The van der Waals surface area contributed by atoms with E-state index in [0.717, 1.165) is 28.1 Å². The standard InChI is InChI=1S/C28H23N5O3/c34-26(23-5-3-13-33(28(23)36)17-20-9-11-29-12-10-20)6-2-1-4-19-7-8-22-24(15-21-16-30-18-31-21)27(35)32-25(22)14-19/h1,3-5,7-16,18H,2,6,17H2,(H,30,31)(H,32,35)/b4-1+,24-15-. The molecule has 8 nitrogen and oxygen atoms in total. The lowest BCUT2D eigenvalue weighted by molar-refractivity contribution is -0.110. The largest absolute Gasteiger partial charge is 0.345 e. The molecule has 0 saturated carbocycles. The first-order valence-corrected chi connectivity index (χ1v) is 11.5. The second kappa shape index (κ2) is 10.2. The van der Waals surface area contributed by atoms with E-state index in [1.54, 1.807) is 49.3 Å². The van der Waals surface area contributed by atoms with E-state index in [0.29, 0.717) is 18.5 Å². The van der Waals surface area contributed by atoms with Crippen LogP contribution in [0.15, 0.2) is 84.4 Å². The molecule has 0 spiro atoms. The Hall–Kier alpha value is -4.85. The number of aromatic amines is 1. The molecular formula is C28H23N5O3. The average molecular weight is 478 g/mol. The fourth-order valence-electron chi connectivity index (χ4n) is 4.09. The van der Waals surface area contributed by atoms with Crippen molar-refractivity contribution < 1.29 is 9.59 Å². The van der Waals surface area contributed by atoms with E-state index in [1.165, 1.54) is 4.57 Å². The van der Waals surface area contributed by atoms with Gasteiger partial charge < -0.3 is 14.9 Å². The van der Waals surface area contributed by atoms with Gasteiger partial charge in [0.1, 0.15) is 0 Å². The lowest BCUT2D eigenvalue weighted by Gasteiger charge is -2.07. The minimum absolute atomic E-state index is 0.163. The third-order valence-corrected chi connectivity index (χ3v) is 5.92. The van der Waals surface area contributed by atoms with Crippen LogP contribution in [0.4, 0.5) is 5.69 Å². The highest BCUT2D eigenvalue weighted by Crippen LogP contribution is 2.33. The molecule has 178 valence electrons. The molecule has 0 atom stereocenters. The first-order valence-electron chi connectivity index (χ1n) is 11.5. The molecule has 36 heavy (non-hydrogen) atoms. The van der Waals surface area contributed by atoms with Crippen LogP contribution in [0.1, 0.15) is 45.6 Å². The summed E-state index contributed by atoms with van der Waals surface area (Å²) in [4.78, 5) is 48.8. The smallest absolute Gasteiger partial charge is 0.261 e. The number of benzene rings is 1. The molecule has 0 saturated heterocycles.